The average molecular weight is 446 g/mol. The zero-order valence-electron chi connectivity index (χ0n) is 17.3. The summed E-state index contributed by atoms with van der Waals surface area (Å²) in [7, 11) is 0. The summed E-state index contributed by atoms with van der Waals surface area (Å²) in [6.45, 7) is 3.66. The van der Waals surface area contributed by atoms with Crippen LogP contribution >= 0.6 is 11.6 Å². The van der Waals surface area contributed by atoms with Crippen LogP contribution in [0.2, 0.25) is 5.02 Å². The van der Waals surface area contributed by atoms with E-state index >= 15 is 0 Å². The Hall–Kier alpha value is -3.13. The Morgan fingerprint density at radius 2 is 1.87 bits per heavy atom. The molecule has 0 unspecified atom stereocenters. The van der Waals surface area contributed by atoms with Crippen LogP contribution in [0.4, 0.5) is 0 Å². The zero-order valence-corrected chi connectivity index (χ0v) is 18.0. The molecule has 0 saturated heterocycles. The van der Waals surface area contributed by atoms with Crippen LogP contribution in [-0.4, -0.2) is 40.5 Å². The second-order valence-corrected chi connectivity index (χ2v) is 7.66. The molecular weight excluding hydrogens is 418 g/mol. The van der Waals surface area contributed by atoms with Gasteiger partial charge in [0.1, 0.15) is 0 Å². The van der Waals surface area contributed by atoms with Gasteiger partial charge in [-0.2, -0.15) is 5.10 Å². The van der Waals surface area contributed by atoms with Crippen molar-refractivity contribution in [3.8, 4) is 0 Å². The number of H-pyrrole nitrogens is 1. The molecule has 1 fully saturated rings. The van der Waals surface area contributed by atoms with Crippen molar-refractivity contribution >= 4 is 29.3 Å². The summed E-state index contributed by atoms with van der Waals surface area (Å²) in [6, 6.07) is 9.59. The fourth-order valence-corrected chi connectivity index (χ4v) is 3.53. The maximum Gasteiger partial charge on any atom is 0.254 e. The van der Waals surface area contributed by atoms with E-state index in [0.29, 0.717) is 5.56 Å². The summed E-state index contributed by atoms with van der Waals surface area (Å²) >= 11 is 5.54. The van der Waals surface area contributed by atoms with Gasteiger partial charge in [0.2, 0.25) is 11.8 Å². The lowest BCUT2D eigenvalue weighted by molar-refractivity contribution is -0.118. The molecule has 3 amide bonds. The monoisotopic (exact) mass is 445 g/mol. The highest BCUT2D eigenvalue weighted by atomic mass is 35.5. The van der Waals surface area contributed by atoms with Gasteiger partial charge < -0.3 is 16.4 Å². The third-order valence-corrected chi connectivity index (χ3v) is 5.22. The number of carbonyl (C=O) groups excluding carboxylic acids is 3. The second kappa shape index (κ2) is 12.5. The number of hydrogen-bond acceptors (Lipinski definition) is 4. The lowest BCUT2D eigenvalue weighted by Crippen LogP contribution is -2.36. The third-order valence-electron chi connectivity index (χ3n) is 4.97. The van der Waals surface area contributed by atoms with E-state index in [1.807, 2.05) is 30.3 Å². The maximum absolute atomic E-state index is 12.2. The van der Waals surface area contributed by atoms with Crippen LogP contribution in [0.3, 0.4) is 0 Å². The Kier molecular flexibility index (Phi) is 9.77. The van der Waals surface area contributed by atoms with Gasteiger partial charge in [0.25, 0.3) is 5.91 Å². The van der Waals surface area contributed by atoms with Gasteiger partial charge in [-0.25, -0.2) is 0 Å². The Balaban J connectivity index is 0.000000412. The lowest BCUT2D eigenvalue weighted by Gasteiger charge is -2.28. The van der Waals surface area contributed by atoms with E-state index in [0.717, 1.165) is 36.4 Å². The fourth-order valence-electron chi connectivity index (χ4n) is 3.38. The number of amides is 3. The van der Waals surface area contributed by atoms with Crippen molar-refractivity contribution in [1.29, 1.82) is 0 Å². The van der Waals surface area contributed by atoms with Crippen molar-refractivity contribution in [3.05, 3.63) is 65.5 Å². The van der Waals surface area contributed by atoms with Gasteiger partial charge in [-0.1, -0.05) is 36.4 Å². The first-order valence-electron chi connectivity index (χ1n) is 10.1. The second-order valence-electron chi connectivity index (χ2n) is 7.23. The van der Waals surface area contributed by atoms with Gasteiger partial charge in [0.15, 0.2) is 0 Å². The topological polar surface area (TPSA) is 130 Å². The molecule has 0 bridgehead atoms. The Labute approximate surface area is 186 Å². The Bertz CT molecular complexity index is 876. The molecule has 0 aliphatic heterocycles. The molecule has 1 aromatic carbocycles. The minimum atomic E-state index is -0.456. The minimum absolute atomic E-state index is 0.104. The van der Waals surface area contributed by atoms with E-state index in [1.54, 1.807) is 0 Å². The lowest BCUT2D eigenvalue weighted by atomic mass is 9.83. The molecule has 1 aromatic heterocycles. The van der Waals surface area contributed by atoms with Crippen LogP contribution in [0.1, 0.15) is 54.1 Å². The van der Waals surface area contributed by atoms with E-state index in [9.17, 15) is 14.4 Å². The highest BCUT2D eigenvalue weighted by Crippen LogP contribution is 2.33. The molecule has 1 saturated carbocycles. The summed E-state index contributed by atoms with van der Waals surface area (Å²) in [5, 5.41) is 13.3. The number of primary amides is 1. The van der Waals surface area contributed by atoms with Crippen LogP contribution in [0, 0.1) is 0 Å². The molecule has 8 nitrogen and oxygen atoms in total. The number of benzene rings is 1. The minimum Gasteiger partial charge on any atom is -0.370 e. The maximum atomic E-state index is 12.2. The molecule has 0 radical (unpaired) electrons. The molecule has 5 N–H and O–H groups in total. The molecule has 0 atom stereocenters. The summed E-state index contributed by atoms with van der Waals surface area (Å²) in [5.74, 6) is -0.680. The van der Waals surface area contributed by atoms with Gasteiger partial charge >= 0.3 is 0 Å². The Morgan fingerprint density at radius 3 is 2.42 bits per heavy atom. The molecule has 1 aliphatic carbocycles. The van der Waals surface area contributed by atoms with E-state index in [4.69, 9.17) is 17.3 Å². The predicted molar refractivity (Wildman–Crippen MR) is 120 cm³/mol. The highest BCUT2D eigenvalue weighted by Gasteiger charge is 2.27. The first-order valence-corrected chi connectivity index (χ1v) is 10.5. The molecule has 31 heavy (non-hydrogen) atoms. The standard InChI is InChI=1S/C16H23N5O3.C6H5Cl/c1-2-14(23)20-11-5-3-10(4-6-11)15-12(9-19-21-15)16(24)18-8-7-13(17)22;7-6-4-2-1-3-5-6/h2,9-11H,1,3-8H2,(H2,17,22)(H,18,24)(H,19,21)(H,20,23);1-5H. The van der Waals surface area contributed by atoms with Crippen LogP contribution in [0.15, 0.2) is 49.2 Å². The third kappa shape index (κ3) is 8.25. The number of nitrogens with zero attached hydrogens (tertiary/aromatic N) is 1. The highest BCUT2D eigenvalue weighted by molar-refractivity contribution is 6.30. The summed E-state index contributed by atoms with van der Waals surface area (Å²) < 4.78 is 0. The van der Waals surface area contributed by atoms with Crippen molar-refractivity contribution in [2.24, 2.45) is 5.73 Å². The fraction of sp³-hybridized carbons (Fsp3) is 0.364. The molecule has 9 heteroatoms. The normalized spacial score (nSPS) is 17.6. The summed E-state index contributed by atoms with van der Waals surface area (Å²) in [5.41, 5.74) is 6.36. The van der Waals surface area contributed by atoms with Gasteiger partial charge in [-0.15, -0.1) is 0 Å². The first-order chi connectivity index (χ1) is 14.9. The number of rotatable bonds is 7. The van der Waals surface area contributed by atoms with E-state index in [-0.39, 0.29) is 36.7 Å². The molecule has 3 rings (SSSR count). The summed E-state index contributed by atoms with van der Waals surface area (Å²) in [4.78, 5) is 34.3. The zero-order chi connectivity index (χ0) is 22.6. The van der Waals surface area contributed by atoms with E-state index in [2.05, 4.69) is 27.4 Å². The van der Waals surface area contributed by atoms with E-state index < -0.39 is 5.91 Å². The number of aromatic amines is 1. The largest absolute Gasteiger partial charge is 0.370 e. The number of nitrogens with two attached hydrogens (primary N) is 1. The summed E-state index contributed by atoms with van der Waals surface area (Å²) in [6.07, 6.45) is 6.26. The van der Waals surface area contributed by atoms with Crippen LogP contribution in [-0.2, 0) is 9.59 Å². The van der Waals surface area contributed by atoms with Crippen molar-refractivity contribution < 1.29 is 14.4 Å². The molecule has 1 aliphatic rings. The molecule has 2 aromatic rings. The first kappa shape index (κ1) is 24.1. The van der Waals surface area contributed by atoms with E-state index in [1.165, 1.54) is 12.3 Å². The quantitative estimate of drug-likeness (QED) is 0.488. The predicted octanol–water partition coefficient (Wildman–Crippen LogP) is 2.68. The van der Waals surface area contributed by atoms with Gasteiger partial charge in [0, 0.05) is 29.9 Å². The van der Waals surface area contributed by atoms with Crippen molar-refractivity contribution in [3.63, 3.8) is 0 Å². The van der Waals surface area contributed by atoms with Gasteiger partial charge in [-0.3, -0.25) is 19.5 Å². The average Bonchev–Trinajstić information content (AvgIpc) is 3.25. The number of aromatic nitrogens is 2. The van der Waals surface area contributed by atoms with Crippen molar-refractivity contribution in [2.75, 3.05) is 6.54 Å². The number of hydrogen-bond donors (Lipinski definition) is 4. The SMILES string of the molecule is C=CC(=O)NC1CCC(c2[nH]ncc2C(=O)NCCC(N)=O)CC1.Clc1ccccc1. The van der Waals surface area contributed by atoms with Gasteiger partial charge in [0.05, 0.1) is 17.5 Å². The molecule has 0 spiro atoms. The number of nitrogens with one attached hydrogen (secondary N) is 3. The van der Waals surface area contributed by atoms with Crippen LogP contribution < -0.4 is 16.4 Å². The molecule has 1 heterocycles. The van der Waals surface area contributed by atoms with Gasteiger partial charge in [-0.05, 0) is 43.9 Å². The van der Waals surface area contributed by atoms with Crippen molar-refractivity contribution in [2.45, 2.75) is 44.1 Å². The van der Waals surface area contributed by atoms with Crippen LogP contribution in [0.25, 0.3) is 0 Å². The molecular formula is C22H28ClN5O3. The van der Waals surface area contributed by atoms with Crippen LogP contribution in [0.5, 0.6) is 0 Å². The number of carbonyl (C=O) groups is 3. The Morgan fingerprint density at radius 1 is 1.19 bits per heavy atom. The smallest absolute Gasteiger partial charge is 0.254 e. The van der Waals surface area contributed by atoms with Crippen molar-refractivity contribution in [1.82, 2.24) is 20.8 Å². The molecule has 166 valence electrons. The number of halogens is 1.